The molecule has 0 aliphatic carbocycles. The molecule has 0 atom stereocenters. The van der Waals surface area contributed by atoms with Crippen LogP contribution >= 0.6 is 0 Å². The molecule has 168 valence electrons. The van der Waals surface area contributed by atoms with Crippen molar-refractivity contribution in [3.63, 3.8) is 0 Å². The normalized spacial score (nSPS) is 14.8. The van der Waals surface area contributed by atoms with E-state index >= 15 is 0 Å². The van der Waals surface area contributed by atoms with Crippen molar-refractivity contribution >= 4 is 23.4 Å². The number of anilines is 1. The first kappa shape index (κ1) is 21.6. The molecule has 1 amide bonds. The molecule has 0 N–H and O–H groups in total. The Morgan fingerprint density at radius 1 is 0.824 bits per heavy atom. The summed E-state index contributed by atoms with van der Waals surface area (Å²) in [6.07, 6.45) is 3.88. The second-order valence-electron chi connectivity index (χ2n) is 8.69. The van der Waals surface area contributed by atoms with Crippen LogP contribution in [0.1, 0.15) is 37.8 Å². The van der Waals surface area contributed by atoms with Crippen LogP contribution in [0.4, 0.5) is 5.69 Å². The zero-order chi connectivity index (χ0) is 23.7. The van der Waals surface area contributed by atoms with Crippen molar-refractivity contribution in [3.8, 4) is 16.9 Å². The monoisotopic (exact) mass is 446 g/mol. The van der Waals surface area contributed by atoms with Gasteiger partial charge in [-0.2, -0.15) is 15.2 Å². The van der Waals surface area contributed by atoms with Crippen LogP contribution in [0.5, 0.6) is 0 Å². The number of benzene rings is 3. The highest BCUT2D eigenvalue weighted by Crippen LogP contribution is 2.30. The molecule has 0 spiro atoms. The van der Waals surface area contributed by atoms with Gasteiger partial charge >= 0.3 is 0 Å². The predicted molar refractivity (Wildman–Crippen MR) is 138 cm³/mol. The Kier molecular flexibility index (Phi) is 5.68. The van der Waals surface area contributed by atoms with Crippen molar-refractivity contribution in [3.05, 3.63) is 108 Å². The Bertz CT molecular complexity index is 1380. The van der Waals surface area contributed by atoms with E-state index < -0.39 is 0 Å². The lowest BCUT2D eigenvalue weighted by Gasteiger charge is -2.11. The highest BCUT2D eigenvalue weighted by molar-refractivity contribution is 6.32. The number of hydrogen-bond donors (Lipinski definition) is 0. The molecule has 0 saturated heterocycles. The van der Waals surface area contributed by atoms with Crippen LogP contribution in [0.3, 0.4) is 0 Å². The number of amides is 1. The number of para-hydroxylation sites is 2. The highest BCUT2D eigenvalue weighted by atomic mass is 16.2. The van der Waals surface area contributed by atoms with Gasteiger partial charge in [-0.15, -0.1) is 0 Å². The molecular weight excluding hydrogens is 420 g/mol. The molecular formula is C29H26N4O. The van der Waals surface area contributed by atoms with Gasteiger partial charge in [0, 0.05) is 17.3 Å². The molecule has 5 nitrogen and oxygen atoms in total. The van der Waals surface area contributed by atoms with Gasteiger partial charge in [0.05, 0.1) is 28.4 Å². The fourth-order valence-electron chi connectivity index (χ4n) is 4.04. The van der Waals surface area contributed by atoms with Gasteiger partial charge in [0.15, 0.2) is 0 Å². The van der Waals surface area contributed by atoms with Gasteiger partial charge in [0.1, 0.15) is 0 Å². The maximum absolute atomic E-state index is 13.3. The van der Waals surface area contributed by atoms with Crippen molar-refractivity contribution < 1.29 is 4.79 Å². The van der Waals surface area contributed by atoms with Crippen LogP contribution in [0.25, 0.3) is 23.0 Å². The van der Waals surface area contributed by atoms with Gasteiger partial charge < -0.3 is 0 Å². The summed E-state index contributed by atoms with van der Waals surface area (Å²) in [7, 11) is 0. The highest BCUT2D eigenvalue weighted by Gasteiger charge is 2.29. The lowest BCUT2D eigenvalue weighted by Crippen LogP contribution is -2.21. The van der Waals surface area contributed by atoms with Crippen LogP contribution in [-0.2, 0) is 4.79 Å². The van der Waals surface area contributed by atoms with Crippen LogP contribution in [0.15, 0.2) is 102 Å². The molecule has 0 saturated carbocycles. The van der Waals surface area contributed by atoms with Crippen molar-refractivity contribution in [1.82, 2.24) is 9.78 Å². The number of carbonyl (C=O) groups is 1. The van der Waals surface area contributed by atoms with Crippen molar-refractivity contribution in [2.45, 2.75) is 26.7 Å². The third kappa shape index (κ3) is 4.08. The number of nitrogens with zero attached hydrogens (tertiary/aromatic N) is 4. The first-order valence-electron chi connectivity index (χ1n) is 11.4. The molecule has 1 aliphatic heterocycles. The largest absolute Gasteiger partial charge is 0.280 e. The summed E-state index contributed by atoms with van der Waals surface area (Å²) in [5, 5.41) is 10.9. The maximum Gasteiger partial charge on any atom is 0.280 e. The minimum absolute atomic E-state index is 0.141. The van der Waals surface area contributed by atoms with E-state index in [0.29, 0.717) is 17.2 Å². The van der Waals surface area contributed by atoms with Gasteiger partial charge in [0.25, 0.3) is 5.91 Å². The fraction of sp³-hybridized carbons (Fsp3) is 0.138. The Balaban J connectivity index is 1.59. The Hall–Kier alpha value is -4.25. The molecule has 0 bridgehead atoms. The number of carbonyl (C=O) groups excluding carboxylic acids is 1. The molecule has 4 aromatic rings. The number of hydrazone groups is 1. The smallest absolute Gasteiger partial charge is 0.267 e. The van der Waals surface area contributed by atoms with E-state index in [1.165, 1.54) is 10.6 Å². The van der Waals surface area contributed by atoms with Crippen molar-refractivity contribution in [2.75, 3.05) is 5.01 Å². The summed E-state index contributed by atoms with van der Waals surface area (Å²) in [6, 6.07) is 28.0. The summed E-state index contributed by atoms with van der Waals surface area (Å²) >= 11 is 0. The summed E-state index contributed by atoms with van der Waals surface area (Å²) < 4.78 is 1.86. The Labute approximate surface area is 199 Å². The van der Waals surface area contributed by atoms with Gasteiger partial charge in [-0.3, -0.25) is 4.79 Å². The fourth-order valence-corrected chi connectivity index (χ4v) is 4.04. The van der Waals surface area contributed by atoms with Gasteiger partial charge in [0.2, 0.25) is 0 Å². The second-order valence-corrected chi connectivity index (χ2v) is 8.69. The topological polar surface area (TPSA) is 50.5 Å². The molecule has 1 aromatic heterocycles. The summed E-state index contributed by atoms with van der Waals surface area (Å²) in [5.74, 6) is 0.314. The standard InChI is InChI=1S/C29H26N4O/c1-20(2)22-14-16-23(17-15-22)28-24(19-32(31-28)25-10-6-4-7-11-25)18-27-21(3)30-33(29(27)34)26-12-8-5-9-13-26/h4-20H,1-3H3/b27-18-. The third-order valence-corrected chi connectivity index (χ3v) is 5.98. The maximum atomic E-state index is 13.3. The number of rotatable bonds is 5. The first-order chi connectivity index (χ1) is 16.5. The zero-order valence-corrected chi connectivity index (χ0v) is 19.5. The summed E-state index contributed by atoms with van der Waals surface area (Å²) in [5.41, 5.74) is 6.93. The minimum atomic E-state index is -0.141. The summed E-state index contributed by atoms with van der Waals surface area (Å²) in [6.45, 7) is 6.23. The SMILES string of the molecule is CC1=NN(c2ccccc2)C(=O)/C1=C\c1cn(-c2ccccc2)nc1-c1ccc(C(C)C)cc1. The average molecular weight is 447 g/mol. The molecule has 0 unspecified atom stereocenters. The van der Waals surface area contributed by atoms with Gasteiger partial charge in [-0.05, 0) is 48.7 Å². The molecule has 1 aliphatic rings. The van der Waals surface area contributed by atoms with E-state index in [9.17, 15) is 4.79 Å². The van der Waals surface area contributed by atoms with Crippen LogP contribution in [0, 0.1) is 0 Å². The zero-order valence-electron chi connectivity index (χ0n) is 19.5. The van der Waals surface area contributed by atoms with E-state index in [1.54, 1.807) is 0 Å². The number of hydrogen-bond acceptors (Lipinski definition) is 3. The van der Waals surface area contributed by atoms with Gasteiger partial charge in [-0.1, -0.05) is 74.5 Å². The summed E-state index contributed by atoms with van der Waals surface area (Å²) in [4.78, 5) is 13.3. The van der Waals surface area contributed by atoms with Crippen molar-refractivity contribution in [1.29, 1.82) is 0 Å². The van der Waals surface area contributed by atoms with Crippen molar-refractivity contribution in [2.24, 2.45) is 5.10 Å². The molecule has 5 heteroatoms. The molecule has 34 heavy (non-hydrogen) atoms. The van der Waals surface area contributed by atoms with E-state index in [2.05, 4.69) is 43.2 Å². The predicted octanol–water partition coefficient (Wildman–Crippen LogP) is 6.47. The van der Waals surface area contributed by atoms with E-state index in [1.807, 2.05) is 84.5 Å². The Morgan fingerprint density at radius 2 is 1.44 bits per heavy atom. The van der Waals surface area contributed by atoms with E-state index in [0.717, 1.165) is 28.2 Å². The molecule has 2 heterocycles. The molecule has 0 radical (unpaired) electrons. The lowest BCUT2D eigenvalue weighted by atomic mass is 9.99. The molecule has 5 rings (SSSR count). The Morgan fingerprint density at radius 3 is 2.06 bits per heavy atom. The van der Waals surface area contributed by atoms with Crippen LogP contribution in [-0.4, -0.2) is 21.4 Å². The third-order valence-electron chi connectivity index (χ3n) is 5.98. The average Bonchev–Trinajstić information content (AvgIpc) is 3.42. The van der Waals surface area contributed by atoms with E-state index in [4.69, 9.17) is 5.10 Å². The lowest BCUT2D eigenvalue weighted by molar-refractivity contribution is -0.114. The van der Waals surface area contributed by atoms with E-state index in [-0.39, 0.29) is 5.91 Å². The molecule has 3 aromatic carbocycles. The van der Waals surface area contributed by atoms with Gasteiger partial charge in [-0.25, -0.2) is 4.68 Å². The second kappa shape index (κ2) is 8.94. The minimum Gasteiger partial charge on any atom is -0.267 e. The van der Waals surface area contributed by atoms with Crippen LogP contribution < -0.4 is 5.01 Å². The van der Waals surface area contributed by atoms with Crippen LogP contribution in [0.2, 0.25) is 0 Å². The first-order valence-corrected chi connectivity index (χ1v) is 11.4. The molecule has 0 fully saturated rings. The quantitative estimate of drug-likeness (QED) is 0.330. The number of aromatic nitrogens is 2.